The van der Waals surface area contributed by atoms with E-state index in [9.17, 15) is 19.7 Å². The van der Waals surface area contributed by atoms with Crippen LogP contribution in [0.4, 0.5) is 11.4 Å². The summed E-state index contributed by atoms with van der Waals surface area (Å²) in [5.74, 6) is -1.16. The molecule has 1 aliphatic heterocycles. The first-order valence-electron chi connectivity index (χ1n) is 6.88. The van der Waals surface area contributed by atoms with E-state index in [1.807, 2.05) is 0 Å². The fraction of sp³-hybridized carbons (Fsp3) is 0.429. The van der Waals surface area contributed by atoms with E-state index in [1.54, 1.807) is 11.9 Å². The Balaban J connectivity index is 2.02. The molecule has 22 heavy (non-hydrogen) atoms. The molecular formula is C14H17N3O5. The van der Waals surface area contributed by atoms with Gasteiger partial charge in [0.1, 0.15) is 6.04 Å². The topological polar surface area (TPSA) is 104 Å². The van der Waals surface area contributed by atoms with Crippen molar-refractivity contribution in [1.82, 2.24) is 4.90 Å². The van der Waals surface area contributed by atoms with Crippen LogP contribution in [0.3, 0.4) is 0 Å². The van der Waals surface area contributed by atoms with Crippen LogP contribution >= 0.6 is 0 Å². The van der Waals surface area contributed by atoms with E-state index in [2.05, 4.69) is 0 Å². The fourth-order valence-corrected chi connectivity index (χ4v) is 2.52. The minimum Gasteiger partial charge on any atom is -0.480 e. The molecule has 1 N–H and O–H groups in total. The number of non-ortho nitro benzene ring substituents is 1. The predicted octanol–water partition coefficient (Wildman–Crippen LogP) is 1.11. The monoisotopic (exact) mass is 307 g/mol. The molecular weight excluding hydrogens is 290 g/mol. The Hall–Kier alpha value is -2.48. The summed E-state index contributed by atoms with van der Waals surface area (Å²) < 4.78 is 0. The number of benzene rings is 1. The second-order valence-electron chi connectivity index (χ2n) is 5.19. The van der Waals surface area contributed by atoms with Crippen molar-refractivity contribution in [2.75, 3.05) is 25.0 Å². The number of hydrogen-bond donors (Lipinski definition) is 1. The first-order valence-corrected chi connectivity index (χ1v) is 6.88. The molecule has 1 fully saturated rings. The number of nitrogens with zero attached hydrogens (tertiary/aromatic N) is 3. The average molecular weight is 307 g/mol. The SMILES string of the molecule is CN(C(=O)CN1CCC[C@H]1C(=O)O)c1ccc([N+](=O)[O-])cc1. The molecule has 0 saturated carbocycles. The lowest BCUT2D eigenvalue weighted by molar-refractivity contribution is -0.384. The third kappa shape index (κ3) is 3.40. The van der Waals surface area contributed by atoms with Gasteiger partial charge in [0.05, 0.1) is 11.5 Å². The Morgan fingerprint density at radius 2 is 2.05 bits per heavy atom. The maximum absolute atomic E-state index is 12.2. The number of anilines is 1. The van der Waals surface area contributed by atoms with Gasteiger partial charge in [-0.2, -0.15) is 0 Å². The van der Waals surface area contributed by atoms with E-state index in [1.165, 1.54) is 29.2 Å². The summed E-state index contributed by atoms with van der Waals surface area (Å²) in [6, 6.07) is 5.03. The quantitative estimate of drug-likeness (QED) is 0.645. The zero-order valence-corrected chi connectivity index (χ0v) is 12.1. The molecule has 1 atom stereocenters. The largest absolute Gasteiger partial charge is 0.480 e. The third-order valence-corrected chi connectivity index (χ3v) is 3.81. The molecule has 1 heterocycles. The number of carbonyl (C=O) groups is 2. The standard InChI is InChI=1S/C14H17N3O5/c1-15(10-4-6-11(7-5-10)17(21)22)13(18)9-16-8-2-3-12(16)14(19)20/h4-7,12H,2-3,8-9H2,1H3,(H,19,20)/t12-/m0/s1. The molecule has 0 bridgehead atoms. The van der Waals surface area contributed by atoms with Gasteiger partial charge in [0, 0.05) is 24.9 Å². The third-order valence-electron chi connectivity index (χ3n) is 3.81. The molecule has 1 amide bonds. The van der Waals surface area contributed by atoms with Gasteiger partial charge in [0.2, 0.25) is 5.91 Å². The van der Waals surface area contributed by atoms with E-state index in [4.69, 9.17) is 5.11 Å². The van der Waals surface area contributed by atoms with Crippen LogP contribution < -0.4 is 4.90 Å². The van der Waals surface area contributed by atoms with E-state index in [-0.39, 0.29) is 18.1 Å². The molecule has 8 heteroatoms. The van der Waals surface area contributed by atoms with E-state index >= 15 is 0 Å². The Morgan fingerprint density at radius 1 is 1.41 bits per heavy atom. The maximum atomic E-state index is 12.2. The van der Waals surface area contributed by atoms with Crippen LogP contribution in [0.15, 0.2) is 24.3 Å². The molecule has 2 rings (SSSR count). The summed E-state index contributed by atoms with van der Waals surface area (Å²) in [6.07, 6.45) is 1.30. The van der Waals surface area contributed by atoms with Crippen LogP contribution in [0, 0.1) is 10.1 Å². The van der Waals surface area contributed by atoms with Crippen molar-refractivity contribution in [3.05, 3.63) is 34.4 Å². The number of carbonyl (C=O) groups excluding carboxylic acids is 1. The van der Waals surface area contributed by atoms with Crippen molar-refractivity contribution in [1.29, 1.82) is 0 Å². The highest BCUT2D eigenvalue weighted by molar-refractivity contribution is 5.94. The summed E-state index contributed by atoms with van der Waals surface area (Å²) in [4.78, 5) is 36.5. The van der Waals surface area contributed by atoms with Gasteiger partial charge in [-0.1, -0.05) is 0 Å². The predicted molar refractivity (Wildman–Crippen MR) is 78.7 cm³/mol. The van der Waals surface area contributed by atoms with Crippen molar-refractivity contribution in [3.8, 4) is 0 Å². The lowest BCUT2D eigenvalue weighted by Gasteiger charge is -2.24. The molecule has 0 aromatic heterocycles. The molecule has 118 valence electrons. The summed E-state index contributed by atoms with van der Waals surface area (Å²) in [7, 11) is 1.56. The average Bonchev–Trinajstić information content (AvgIpc) is 2.94. The molecule has 0 spiro atoms. The first-order chi connectivity index (χ1) is 10.4. The van der Waals surface area contributed by atoms with Crippen molar-refractivity contribution in [3.63, 3.8) is 0 Å². The molecule has 0 aliphatic carbocycles. The number of likely N-dealkylation sites (tertiary alicyclic amines) is 1. The molecule has 1 aromatic rings. The van der Waals surface area contributed by atoms with Gasteiger partial charge >= 0.3 is 5.97 Å². The number of rotatable bonds is 5. The van der Waals surface area contributed by atoms with Crippen LogP contribution in [-0.2, 0) is 9.59 Å². The van der Waals surface area contributed by atoms with Crippen molar-refractivity contribution in [2.45, 2.75) is 18.9 Å². The normalized spacial score (nSPS) is 18.1. The summed E-state index contributed by atoms with van der Waals surface area (Å²) in [5, 5.41) is 19.7. The van der Waals surface area contributed by atoms with Gasteiger partial charge in [0.15, 0.2) is 0 Å². The number of nitro benzene ring substituents is 1. The lowest BCUT2D eigenvalue weighted by atomic mass is 10.2. The minimum atomic E-state index is -0.914. The van der Waals surface area contributed by atoms with Crippen LogP contribution in [0.1, 0.15) is 12.8 Å². The second kappa shape index (κ2) is 6.52. The summed E-state index contributed by atoms with van der Waals surface area (Å²) in [5.41, 5.74) is 0.483. The van der Waals surface area contributed by atoms with E-state index < -0.39 is 16.9 Å². The second-order valence-corrected chi connectivity index (χ2v) is 5.19. The highest BCUT2D eigenvalue weighted by Crippen LogP contribution is 2.20. The smallest absolute Gasteiger partial charge is 0.320 e. The van der Waals surface area contributed by atoms with Crippen molar-refractivity contribution < 1.29 is 19.6 Å². The number of likely N-dealkylation sites (N-methyl/N-ethyl adjacent to an activating group) is 1. The van der Waals surface area contributed by atoms with Crippen LogP contribution in [0.25, 0.3) is 0 Å². The van der Waals surface area contributed by atoms with Crippen LogP contribution in [-0.4, -0.2) is 53.0 Å². The number of carboxylic acids is 1. The van der Waals surface area contributed by atoms with Gasteiger partial charge in [-0.15, -0.1) is 0 Å². The van der Waals surface area contributed by atoms with Gasteiger partial charge < -0.3 is 10.0 Å². The van der Waals surface area contributed by atoms with Crippen molar-refractivity contribution in [2.24, 2.45) is 0 Å². The number of nitro groups is 1. The van der Waals surface area contributed by atoms with E-state index in [0.29, 0.717) is 18.7 Å². The minimum absolute atomic E-state index is 0.0183. The zero-order chi connectivity index (χ0) is 16.3. The number of amides is 1. The number of carboxylic acid groups (broad SMARTS) is 1. The molecule has 8 nitrogen and oxygen atoms in total. The van der Waals surface area contributed by atoms with Gasteiger partial charge in [-0.05, 0) is 31.5 Å². The molecule has 0 unspecified atom stereocenters. The Morgan fingerprint density at radius 3 is 2.59 bits per heavy atom. The summed E-state index contributed by atoms with van der Waals surface area (Å²) in [6.45, 7) is 0.598. The highest BCUT2D eigenvalue weighted by Gasteiger charge is 2.32. The molecule has 1 saturated heterocycles. The Kier molecular flexibility index (Phi) is 4.71. The van der Waals surface area contributed by atoms with Crippen molar-refractivity contribution >= 4 is 23.3 Å². The number of hydrogen-bond acceptors (Lipinski definition) is 5. The lowest BCUT2D eigenvalue weighted by Crippen LogP contribution is -2.43. The Bertz CT molecular complexity index is 587. The van der Waals surface area contributed by atoms with Crippen LogP contribution in [0.5, 0.6) is 0 Å². The first kappa shape index (κ1) is 15.9. The summed E-state index contributed by atoms with van der Waals surface area (Å²) >= 11 is 0. The fourth-order valence-electron chi connectivity index (χ4n) is 2.52. The van der Waals surface area contributed by atoms with E-state index in [0.717, 1.165) is 6.42 Å². The van der Waals surface area contributed by atoms with Crippen LogP contribution in [0.2, 0.25) is 0 Å². The maximum Gasteiger partial charge on any atom is 0.320 e. The Labute approximate surface area is 127 Å². The molecule has 1 aliphatic rings. The number of aliphatic carboxylic acids is 1. The molecule has 1 aromatic carbocycles. The zero-order valence-electron chi connectivity index (χ0n) is 12.1. The van der Waals surface area contributed by atoms with Gasteiger partial charge in [-0.3, -0.25) is 24.6 Å². The molecule has 0 radical (unpaired) electrons. The van der Waals surface area contributed by atoms with Gasteiger partial charge in [0.25, 0.3) is 5.69 Å². The highest BCUT2D eigenvalue weighted by atomic mass is 16.6. The van der Waals surface area contributed by atoms with Gasteiger partial charge in [-0.25, -0.2) is 0 Å².